The van der Waals surface area contributed by atoms with Crippen LogP contribution in [0.2, 0.25) is 0 Å². The summed E-state index contributed by atoms with van der Waals surface area (Å²) in [6, 6.07) is 16.3. The number of H-pyrrole nitrogens is 1. The second-order valence-electron chi connectivity index (χ2n) is 12.2. The monoisotopic (exact) mass is 736 g/mol. The summed E-state index contributed by atoms with van der Waals surface area (Å²) in [5, 5.41) is 10.2. The average molecular weight is 737 g/mol. The number of aliphatic imine (C=N–C) groups is 1. The Labute approximate surface area is 315 Å². The molecule has 1 heterocycles. The van der Waals surface area contributed by atoms with Gasteiger partial charge in [-0.2, -0.15) is 0 Å². The van der Waals surface area contributed by atoms with Crippen LogP contribution in [-0.2, 0) is 25.6 Å². The molecular weight excluding hydrogens is 688 g/mol. The third-order valence-electron chi connectivity index (χ3n) is 8.48. The number of hydrogen-bond donors (Lipinski definition) is 4. The Morgan fingerprint density at radius 1 is 0.889 bits per heavy atom. The summed E-state index contributed by atoms with van der Waals surface area (Å²) in [6.45, 7) is 7.04. The van der Waals surface area contributed by atoms with E-state index in [1.54, 1.807) is 29.1 Å². The first kappa shape index (κ1) is 40.4. The largest absolute Gasteiger partial charge is 0.453 e. The standard InChI is InChI=1S/C40H48N8O6/c1-7-10-27-22-30(34-23-43-35(46-34)26-48(19-9-3)37(50)25-45-40(52)54-6)12-14-31(27)28-11-15-32-29(21-28)13-16-33(38(32)41-4)42-17-20-47(18-8-2)36(49)24-44-39(51)53-5/h11-17,21-23,41H,8-9,18-20,24-26H2,1-6H3,(H,43,46)(H,44,51)(H,45,52). The Kier molecular flexibility index (Phi) is 15.0. The number of methoxy groups -OCH3 is 2. The highest BCUT2D eigenvalue weighted by atomic mass is 16.5. The molecule has 0 bridgehead atoms. The molecular formula is C40H48N8O6. The van der Waals surface area contributed by atoms with Crippen LogP contribution in [0.1, 0.15) is 45.0 Å². The molecule has 0 radical (unpaired) electrons. The van der Waals surface area contributed by atoms with Crippen molar-refractivity contribution in [2.45, 2.75) is 40.2 Å². The first-order valence-corrected chi connectivity index (χ1v) is 17.7. The predicted molar refractivity (Wildman–Crippen MR) is 211 cm³/mol. The highest BCUT2D eigenvalue weighted by Crippen LogP contribution is 2.36. The lowest BCUT2D eigenvalue weighted by atomic mass is 9.94. The molecule has 4 N–H and O–H groups in total. The molecule has 0 atom stereocenters. The molecule has 14 heteroatoms. The summed E-state index contributed by atoms with van der Waals surface area (Å²) < 4.78 is 9.13. The number of hydrogen-bond acceptors (Lipinski definition) is 9. The topological polar surface area (TPSA) is 170 Å². The van der Waals surface area contributed by atoms with Crippen LogP contribution >= 0.6 is 0 Å². The highest BCUT2D eigenvalue weighted by Gasteiger charge is 2.18. The summed E-state index contributed by atoms with van der Waals surface area (Å²) in [6.07, 6.45) is 3.64. The molecule has 0 aliphatic heterocycles. The van der Waals surface area contributed by atoms with E-state index in [0.29, 0.717) is 25.5 Å². The minimum Gasteiger partial charge on any atom is -0.453 e. The van der Waals surface area contributed by atoms with Gasteiger partial charge >= 0.3 is 12.2 Å². The van der Waals surface area contributed by atoms with E-state index in [9.17, 15) is 19.2 Å². The van der Waals surface area contributed by atoms with Gasteiger partial charge in [0.2, 0.25) is 11.8 Å². The number of alkyl carbamates (subject to hydrolysis) is 2. The molecule has 0 fully saturated rings. The van der Waals surface area contributed by atoms with Crippen molar-refractivity contribution in [3.63, 3.8) is 0 Å². The molecule has 0 aliphatic carbocycles. The molecule has 284 valence electrons. The van der Waals surface area contributed by atoms with E-state index in [1.165, 1.54) is 14.2 Å². The van der Waals surface area contributed by atoms with Gasteiger partial charge in [0.15, 0.2) is 0 Å². The van der Waals surface area contributed by atoms with Gasteiger partial charge in [-0.15, -0.1) is 5.92 Å². The number of carbonyl (C=O) groups excluding carboxylic acids is 4. The van der Waals surface area contributed by atoms with E-state index in [4.69, 9.17) is 4.99 Å². The fourth-order valence-electron chi connectivity index (χ4n) is 5.88. The van der Waals surface area contributed by atoms with E-state index in [0.717, 1.165) is 62.9 Å². The number of aromatic amines is 1. The third kappa shape index (κ3) is 10.6. The van der Waals surface area contributed by atoms with Crippen LogP contribution in [0.25, 0.3) is 33.2 Å². The van der Waals surface area contributed by atoms with Crippen molar-refractivity contribution in [2.24, 2.45) is 4.99 Å². The van der Waals surface area contributed by atoms with E-state index >= 15 is 0 Å². The Morgan fingerprint density at radius 3 is 2.20 bits per heavy atom. The van der Waals surface area contributed by atoms with Gasteiger partial charge < -0.3 is 40.2 Å². The van der Waals surface area contributed by atoms with Gasteiger partial charge in [0, 0.05) is 42.9 Å². The number of imidazole rings is 1. The van der Waals surface area contributed by atoms with Gasteiger partial charge in [-0.1, -0.05) is 50.1 Å². The number of nitrogens with zero attached hydrogens (tertiary/aromatic N) is 4. The van der Waals surface area contributed by atoms with Crippen molar-refractivity contribution < 1.29 is 28.7 Å². The number of anilines is 1. The Hall–Kier alpha value is -6.36. The van der Waals surface area contributed by atoms with Crippen molar-refractivity contribution in [1.82, 2.24) is 30.4 Å². The molecule has 4 rings (SSSR count). The van der Waals surface area contributed by atoms with Crippen molar-refractivity contribution in [1.29, 1.82) is 0 Å². The van der Waals surface area contributed by atoms with Crippen LogP contribution in [0.3, 0.4) is 0 Å². The van der Waals surface area contributed by atoms with Crippen LogP contribution in [-0.4, -0.2) is 104 Å². The summed E-state index contributed by atoms with van der Waals surface area (Å²) in [5.41, 5.74) is 6.10. The van der Waals surface area contributed by atoms with E-state index < -0.39 is 12.2 Å². The lowest BCUT2D eigenvalue weighted by molar-refractivity contribution is -0.131. The third-order valence-corrected chi connectivity index (χ3v) is 8.48. The number of rotatable bonds is 16. The molecule has 54 heavy (non-hydrogen) atoms. The summed E-state index contributed by atoms with van der Waals surface area (Å²) in [4.78, 5) is 64.1. The number of carbonyl (C=O) groups is 4. The lowest BCUT2D eigenvalue weighted by Crippen LogP contribution is -2.41. The van der Waals surface area contributed by atoms with E-state index in [-0.39, 0.29) is 31.4 Å². The molecule has 14 nitrogen and oxygen atoms in total. The smallest absolute Gasteiger partial charge is 0.407 e. The lowest BCUT2D eigenvalue weighted by Gasteiger charge is -2.21. The summed E-state index contributed by atoms with van der Waals surface area (Å²) in [5.74, 6) is 6.46. The fraction of sp³-hybridized carbons (Fsp3) is 0.350. The Morgan fingerprint density at radius 2 is 1.56 bits per heavy atom. The van der Waals surface area contributed by atoms with E-state index in [2.05, 4.69) is 65.4 Å². The molecule has 3 aromatic carbocycles. The second-order valence-corrected chi connectivity index (χ2v) is 12.2. The highest BCUT2D eigenvalue weighted by molar-refractivity contribution is 6.02. The van der Waals surface area contributed by atoms with Crippen LogP contribution in [0.4, 0.5) is 21.0 Å². The van der Waals surface area contributed by atoms with Gasteiger partial charge in [-0.05, 0) is 54.5 Å². The number of amides is 4. The predicted octanol–water partition coefficient (Wildman–Crippen LogP) is 5.70. The first-order valence-electron chi connectivity index (χ1n) is 17.7. The number of benzene rings is 3. The maximum absolute atomic E-state index is 12.8. The Bertz CT molecular complexity index is 2050. The first-order chi connectivity index (χ1) is 26.1. The molecule has 0 saturated carbocycles. The summed E-state index contributed by atoms with van der Waals surface area (Å²) >= 11 is 0. The van der Waals surface area contributed by atoms with Crippen LogP contribution in [0.5, 0.6) is 0 Å². The average Bonchev–Trinajstić information content (AvgIpc) is 3.66. The normalized spacial score (nSPS) is 10.7. The minimum atomic E-state index is -0.660. The quantitative estimate of drug-likeness (QED) is 0.0839. The van der Waals surface area contributed by atoms with Gasteiger partial charge in [-0.3, -0.25) is 14.6 Å². The fourth-order valence-corrected chi connectivity index (χ4v) is 5.88. The van der Waals surface area contributed by atoms with Gasteiger partial charge in [-0.25, -0.2) is 14.6 Å². The molecule has 0 spiro atoms. The van der Waals surface area contributed by atoms with Gasteiger partial charge in [0.1, 0.15) is 18.9 Å². The van der Waals surface area contributed by atoms with Crippen molar-refractivity contribution in [3.05, 3.63) is 66.1 Å². The molecule has 0 aliphatic rings. The molecule has 1 aromatic heterocycles. The van der Waals surface area contributed by atoms with Crippen molar-refractivity contribution >= 4 is 52.4 Å². The number of aromatic nitrogens is 2. The van der Waals surface area contributed by atoms with Gasteiger partial charge in [0.25, 0.3) is 0 Å². The SMILES string of the molecule is CC#Cc1cc(-c2cnc(CN(CCC)C(=O)CNC(=O)OC)[nH]2)ccc1-c1ccc2c(NC)c(N=CCN(CCC)C(=O)CNC(=O)OC)ccc2c1. The van der Waals surface area contributed by atoms with Crippen LogP contribution < -0.4 is 16.0 Å². The van der Waals surface area contributed by atoms with E-state index in [1.807, 2.05) is 51.2 Å². The molecule has 0 unspecified atom stereocenters. The van der Waals surface area contributed by atoms with Crippen molar-refractivity contribution in [3.8, 4) is 34.2 Å². The zero-order valence-electron chi connectivity index (χ0n) is 31.7. The molecule has 4 aromatic rings. The molecule has 4 amide bonds. The number of nitrogens with one attached hydrogen (secondary N) is 4. The zero-order chi connectivity index (χ0) is 39.0. The minimum absolute atomic E-state index is 0.153. The van der Waals surface area contributed by atoms with Crippen LogP contribution in [0, 0.1) is 11.8 Å². The van der Waals surface area contributed by atoms with Crippen LogP contribution in [0.15, 0.2) is 59.7 Å². The number of fused-ring (bicyclic) bond motifs is 1. The maximum atomic E-state index is 12.8. The molecule has 0 saturated heterocycles. The van der Waals surface area contributed by atoms with Crippen molar-refractivity contribution in [2.75, 3.05) is 59.3 Å². The van der Waals surface area contributed by atoms with Gasteiger partial charge in [0.05, 0.1) is 50.6 Å². The second kappa shape index (κ2) is 20.0. The summed E-state index contributed by atoms with van der Waals surface area (Å²) in [7, 11) is 4.35. The maximum Gasteiger partial charge on any atom is 0.407 e. The number of ether oxygens (including phenoxy) is 2. The Balaban J connectivity index is 1.54. The zero-order valence-corrected chi connectivity index (χ0v) is 31.7.